The third-order valence-corrected chi connectivity index (χ3v) is 5.03. The van der Waals surface area contributed by atoms with E-state index in [0.29, 0.717) is 33.5 Å². The van der Waals surface area contributed by atoms with Crippen LogP contribution in [0.15, 0.2) is 109 Å². The molecule has 0 aliphatic rings. The Hall–Kier alpha value is -4.29. The quantitative estimate of drug-likeness (QED) is 0.308. The maximum Gasteiger partial charge on any atom is 0.321 e. The van der Waals surface area contributed by atoms with Crippen molar-refractivity contribution in [1.29, 1.82) is 0 Å². The molecular formula is C27H21ClN2O4. The third kappa shape index (κ3) is 6.15. The fourth-order valence-corrected chi connectivity index (χ4v) is 3.23. The van der Waals surface area contributed by atoms with E-state index in [1.165, 1.54) is 0 Å². The molecule has 0 aliphatic heterocycles. The van der Waals surface area contributed by atoms with Gasteiger partial charge in [0, 0.05) is 11.3 Å². The zero-order valence-electron chi connectivity index (χ0n) is 18.0. The summed E-state index contributed by atoms with van der Waals surface area (Å²) in [7, 11) is 0. The molecule has 0 atom stereocenters. The van der Waals surface area contributed by atoms with Crippen molar-refractivity contribution < 1.29 is 19.1 Å². The first-order valence-electron chi connectivity index (χ1n) is 10.5. The van der Waals surface area contributed by atoms with E-state index in [1.807, 2.05) is 18.2 Å². The van der Waals surface area contributed by atoms with Gasteiger partial charge in [0.2, 0.25) is 0 Å². The molecule has 4 rings (SSSR count). The number of anilines is 2. The topological polar surface area (TPSA) is 76.7 Å². The summed E-state index contributed by atoms with van der Waals surface area (Å²) < 4.78 is 11.6. The van der Waals surface area contributed by atoms with Crippen LogP contribution in [-0.4, -0.2) is 18.1 Å². The highest BCUT2D eigenvalue weighted by Crippen LogP contribution is 2.27. The van der Waals surface area contributed by atoms with Crippen LogP contribution in [0.25, 0.3) is 0 Å². The zero-order chi connectivity index (χ0) is 23.8. The monoisotopic (exact) mass is 472 g/mol. The molecule has 7 heteroatoms. The second kappa shape index (κ2) is 11.0. The molecule has 0 saturated carbocycles. The summed E-state index contributed by atoms with van der Waals surface area (Å²) in [5.41, 5.74) is 1.26. The summed E-state index contributed by atoms with van der Waals surface area (Å²) >= 11 is 6.26. The van der Waals surface area contributed by atoms with Crippen molar-refractivity contribution in [2.45, 2.75) is 6.29 Å². The van der Waals surface area contributed by atoms with Crippen molar-refractivity contribution in [3.05, 3.63) is 120 Å². The van der Waals surface area contributed by atoms with Gasteiger partial charge in [0.1, 0.15) is 11.5 Å². The predicted molar refractivity (Wildman–Crippen MR) is 132 cm³/mol. The van der Waals surface area contributed by atoms with E-state index in [-0.39, 0.29) is 5.91 Å². The number of carbonyl (C=O) groups excluding carboxylic acids is 2. The number of rotatable bonds is 8. The average Bonchev–Trinajstić information content (AvgIpc) is 2.87. The van der Waals surface area contributed by atoms with Crippen LogP contribution >= 0.6 is 11.6 Å². The van der Waals surface area contributed by atoms with Crippen LogP contribution in [0.5, 0.6) is 11.5 Å². The minimum atomic E-state index is -1.26. The molecule has 0 aliphatic carbocycles. The molecule has 34 heavy (non-hydrogen) atoms. The van der Waals surface area contributed by atoms with Gasteiger partial charge in [0.15, 0.2) is 0 Å². The molecule has 0 radical (unpaired) electrons. The standard InChI is InChI=1S/C27H21ClN2O4/c28-23-17-16-20(18-24(23)30-25(31)19-10-4-1-5-11-19)29-26(32)27(33-21-12-6-2-7-13-21)34-22-14-8-3-9-15-22/h1-18,27H,(H,29,32)(H,30,31). The number of carbonyl (C=O) groups is 2. The van der Waals surface area contributed by atoms with E-state index in [2.05, 4.69) is 10.6 Å². The van der Waals surface area contributed by atoms with Crippen LogP contribution in [-0.2, 0) is 4.79 Å². The molecule has 4 aromatic carbocycles. The highest BCUT2D eigenvalue weighted by atomic mass is 35.5. The van der Waals surface area contributed by atoms with E-state index in [9.17, 15) is 9.59 Å². The molecule has 2 amide bonds. The Bertz CT molecular complexity index is 1210. The molecule has 0 spiro atoms. The molecule has 4 aromatic rings. The molecular weight excluding hydrogens is 452 g/mol. The summed E-state index contributed by atoms with van der Waals surface area (Å²) in [4.78, 5) is 25.6. The lowest BCUT2D eigenvalue weighted by Gasteiger charge is -2.20. The van der Waals surface area contributed by atoms with Gasteiger partial charge in [-0.2, -0.15) is 0 Å². The Kier molecular flexibility index (Phi) is 7.42. The predicted octanol–water partition coefficient (Wildman–Crippen LogP) is 6.01. The average molecular weight is 473 g/mol. The fraction of sp³-hybridized carbons (Fsp3) is 0.0370. The first kappa shape index (κ1) is 22.9. The smallest absolute Gasteiger partial charge is 0.321 e. The van der Waals surface area contributed by atoms with Gasteiger partial charge in [0.05, 0.1) is 10.7 Å². The highest BCUT2D eigenvalue weighted by Gasteiger charge is 2.23. The lowest BCUT2D eigenvalue weighted by Crippen LogP contribution is -2.38. The minimum absolute atomic E-state index is 0.316. The fourth-order valence-electron chi connectivity index (χ4n) is 3.06. The van der Waals surface area contributed by atoms with Gasteiger partial charge < -0.3 is 20.1 Å². The van der Waals surface area contributed by atoms with Crippen LogP contribution in [0.3, 0.4) is 0 Å². The van der Waals surface area contributed by atoms with E-state index >= 15 is 0 Å². The molecule has 0 fully saturated rings. The Labute approximate surface area is 202 Å². The van der Waals surface area contributed by atoms with Gasteiger partial charge in [-0.25, -0.2) is 0 Å². The first-order chi connectivity index (χ1) is 16.6. The van der Waals surface area contributed by atoms with Crippen LogP contribution in [0.4, 0.5) is 11.4 Å². The molecule has 170 valence electrons. The normalized spacial score (nSPS) is 10.4. The molecule has 0 unspecified atom stereocenters. The second-order valence-electron chi connectivity index (χ2n) is 7.20. The number of halogens is 1. The second-order valence-corrected chi connectivity index (χ2v) is 7.60. The Morgan fingerprint density at radius 3 is 1.76 bits per heavy atom. The van der Waals surface area contributed by atoms with Crippen molar-refractivity contribution >= 4 is 34.8 Å². The Balaban J connectivity index is 1.51. The number of amides is 2. The molecule has 0 heterocycles. The van der Waals surface area contributed by atoms with E-state index < -0.39 is 12.2 Å². The van der Waals surface area contributed by atoms with E-state index in [0.717, 1.165) is 0 Å². The van der Waals surface area contributed by atoms with Crippen LogP contribution in [0.1, 0.15) is 10.4 Å². The number of nitrogens with one attached hydrogen (secondary N) is 2. The molecule has 2 N–H and O–H groups in total. The van der Waals surface area contributed by atoms with Gasteiger partial charge in [-0.3, -0.25) is 9.59 Å². The van der Waals surface area contributed by atoms with Crippen molar-refractivity contribution in [2.24, 2.45) is 0 Å². The van der Waals surface area contributed by atoms with E-state index in [1.54, 1.807) is 91.0 Å². The number of ether oxygens (including phenoxy) is 2. The van der Waals surface area contributed by atoms with Gasteiger partial charge >= 0.3 is 12.2 Å². The summed E-state index contributed by atoms with van der Waals surface area (Å²) in [6.45, 7) is 0. The van der Waals surface area contributed by atoms with Gasteiger partial charge in [-0.05, 0) is 54.6 Å². The largest absolute Gasteiger partial charge is 0.446 e. The van der Waals surface area contributed by atoms with E-state index in [4.69, 9.17) is 21.1 Å². The minimum Gasteiger partial charge on any atom is -0.446 e. The van der Waals surface area contributed by atoms with Crippen molar-refractivity contribution in [3.8, 4) is 11.5 Å². The number of hydrogen-bond donors (Lipinski definition) is 2. The SMILES string of the molecule is O=C(Nc1cc(NC(=O)C(Oc2ccccc2)Oc2ccccc2)ccc1Cl)c1ccccc1. The molecule has 0 saturated heterocycles. The number of benzene rings is 4. The summed E-state index contributed by atoms with van der Waals surface area (Å²) in [5, 5.41) is 5.86. The van der Waals surface area contributed by atoms with Crippen LogP contribution in [0, 0.1) is 0 Å². The maximum absolute atomic E-state index is 13.1. The van der Waals surface area contributed by atoms with Gasteiger partial charge in [0.25, 0.3) is 5.91 Å². The zero-order valence-corrected chi connectivity index (χ0v) is 18.7. The lowest BCUT2D eigenvalue weighted by atomic mass is 10.2. The first-order valence-corrected chi connectivity index (χ1v) is 10.9. The molecule has 6 nitrogen and oxygen atoms in total. The number of para-hydroxylation sites is 2. The third-order valence-electron chi connectivity index (χ3n) is 4.70. The van der Waals surface area contributed by atoms with Crippen molar-refractivity contribution in [3.63, 3.8) is 0 Å². The van der Waals surface area contributed by atoms with Crippen molar-refractivity contribution in [2.75, 3.05) is 10.6 Å². The Morgan fingerprint density at radius 2 is 1.21 bits per heavy atom. The summed E-state index contributed by atoms with van der Waals surface area (Å²) in [6, 6.07) is 31.4. The van der Waals surface area contributed by atoms with Crippen molar-refractivity contribution in [1.82, 2.24) is 0 Å². The summed E-state index contributed by atoms with van der Waals surface area (Å²) in [5.74, 6) is 0.107. The van der Waals surface area contributed by atoms with Gasteiger partial charge in [-0.15, -0.1) is 0 Å². The molecule has 0 bridgehead atoms. The van der Waals surface area contributed by atoms with Crippen LogP contribution in [0.2, 0.25) is 5.02 Å². The molecule has 0 aromatic heterocycles. The van der Waals surface area contributed by atoms with Crippen LogP contribution < -0.4 is 20.1 Å². The lowest BCUT2D eigenvalue weighted by molar-refractivity contribution is -0.134. The maximum atomic E-state index is 13.1. The van der Waals surface area contributed by atoms with Gasteiger partial charge in [-0.1, -0.05) is 66.2 Å². The highest BCUT2D eigenvalue weighted by molar-refractivity contribution is 6.34. The number of hydrogen-bond acceptors (Lipinski definition) is 4. The summed E-state index contributed by atoms with van der Waals surface area (Å²) in [6.07, 6.45) is -1.26. The Morgan fingerprint density at radius 1 is 0.676 bits per heavy atom.